The van der Waals surface area contributed by atoms with E-state index in [9.17, 15) is 5.11 Å². The molecule has 0 saturated heterocycles. The van der Waals surface area contributed by atoms with Crippen molar-refractivity contribution in [2.24, 2.45) is 0 Å². The van der Waals surface area contributed by atoms with Crippen LogP contribution in [0.1, 0.15) is 52.7 Å². The van der Waals surface area contributed by atoms with Crippen LogP contribution in [0.25, 0.3) is 22.7 Å². The number of hydrogen-bond donors (Lipinski definition) is 1. The second kappa shape index (κ2) is 9.07. The third-order valence-electron chi connectivity index (χ3n) is 6.62. The molecule has 5 heteroatoms. The molecule has 37 heavy (non-hydrogen) atoms. The van der Waals surface area contributed by atoms with Gasteiger partial charge in [-0.15, -0.1) is 0 Å². The summed E-state index contributed by atoms with van der Waals surface area (Å²) in [5, 5.41) is 10.2. The monoisotopic (exact) mass is 490 g/mol. The quantitative estimate of drug-likeness (QED) is 0.254. The maximum absolute atomic E-state index is 10.2. The lowest BCUT2D eigenvalue weighted by Gasteiger charge is -2.26. The molecule has 0 bridgehead atoms. The van der Waals surface area contributed by atoms with E-state index in [0.29, 0.717) is 5.69 Å². The van der Waals surface area contributed by atoms with Gasteiger partial charge >= 0.3 is 0 Å². The van der Waals surface area contributed by atoms with E-state index in [4.69, 9.17) is 0 Å². The van der Waals surface area contributed by atoms with Crippen molar-refractivity contribution in [2.75, 3.05) is 0 Å². The molecule has 0 aliphatic heterocycles. The Balaban J connectivity index is 1.48. The van der Waals surface area contributed by atoms with Gasteiger partial charge in [-0.25, -0.2) is 0 Å². The summed E-state index contributed by atoms with van der Waals surface area (Å²) in [6.07, 6.45) is 14.7. The van der Waals surface area contributed by atoms with Crippen LogP contribution in [0, 0.1) is 12.7 Å². The van der Waals surface area contributed by atoms with E-state index in [1.807, 2.05) is 58.1 Å². The number of rotatable bonds is 4. The van der Waals surface area contributed by atoms with Crippen LogP contribution in [0.15, 0.2) is 91.5 Å². The molecule has 0 saturated carbocycles. The molecule has 0 unspecified atom stereocenters. The fourth-order valence-corrected chi connectivity index (χ4v) is 4.27. The van der Waals surface area contributed by atoms with Gasteiger partial charge in [-0.05, 0) is 52.3 Å². The second-order valence-electron chi connectivity index (χ2n) is 11.6. The Morgan fingerprint density at radius 3 is 1.76 bits per heavy atom. The molecular weight excluding hydrogens is 456 g/mol. The summed E-state index contributed by atoms with van der Waals surface area (Å²) in [6, 6.07) is 22.3. The number of benzene rings is 3. The third kappa shape index (κ3) is 5.08. The topological polar surface area (TPSA) is 37.8 Å². The van der Waals surface area contributed by atoms with Gasteiger partial charge in [0.15, 0.2) is 0 Å². The SMILES string of the molecule is CC(C)(C)c1cc(-[n+]2[c-]n(-c3cccc(-n4[c-][n+](-c5ccccc5O)cc4)c3)cc2)cc(C(C)(C)C)c1. The van der Waals surface area contributed by atoms with Gasteiger partial charge in [-0.3, -0.25) is 18.3 Å². The second-order valence-corrected chi connectivity index (χ2v) is 11.6. The molecule has 3 aromatic carbocycles. The fraction of sp³-hybridized carbons (Fsp3) is 0.250. The summed E-state index contributed by atoms with van der Waals surface area (Å²) < 4.78 is 7.76. The minimum absolute atomic E-state index is 0.0497. The highest BCUT2D eigenvalue weighted by Gasteiger charge is 2.21. The van der Waals surface area contributed by atoms with E-state index in [1.54, 1.807) is 10.6 Å². The highest BCUT2D eigenvalue weighted by Crippen LogP contribution is 2.30. The van der Waals surface area contributed by atoms with Crippen molar-refractivity contribution in [1.82, 2.24) is 9.13 Å². The van der Waals surface area contributed by atoms with Crippen molar-refractivity contribution >= 4 is 0 Å². The molecule has 0 atom stereocenters. The average molecular weight is 491 g/mol. The fourth-order valence-electron chi connectivity index (χ4n) is 4.27. The number of phenolic OH excluding ortho intramolecular Hbond substituents is 1. The van der Waals surface area contributed by atoms with Gasteiger partial charge in [0.2, 0.25) is 0 Å². The maximum atomic E-state index is 10.2. The average Bonchev–Trinajstić information content (AvgIpc) is 3.54. The molecule has 5 aromatic rings. The smallest absolute Gasteiger partial charge is 0.268 e. The number of nitrogens with zero attached hydrogens (tertiary/aromatic N) is 4. The molecule has 0 spiro atoms. The number of aromatic nitrogens is 4. The van der Waals surface area contributed by atoms with E-state index in [2.05, 4.69) is 95.3 Å². The van der Waals surface area contributed by atoms with E-state index in [0.717, 1.165) is 17.1 Å². The number of phenols is 1. The third-order valence-corrected chi connectivity index (χ3v) is 6.62. The summed E-state index contributed by atoms with van der Waals surface area (Å²) in [6.45, 7) is 13.5. The zero-order valence-electron chi connectivity index (χ0n) is 22.4. The van der Waals surface area contributed by atoms with E-state index in [-0.39, 0.29) is 16.6 Å². The first-order valence-electron chi connectivity index (χ1n) is 12.6. The first kappa shape index (κ1) is 24.6. The molecule has 5 rings (SSSR count). The Morgan fingerprint density at radius 2 is 1.19 bits per heavy atom. The number of hydrogen-bond acceptors (Lipinski definition) is 1. The van der Waals surface area contributed by atoms with Crippen molar-refractivity contribution < 1.29 is 14.2 Å². The highest BCUT2D eigenvalue weighted by atomic mass is 16.3. The Hall–Kier alpha value is -4.12. The first-order chi connectivity index (χ1) is 17.5. The molecule has 0 fully saturated rings. The Bertz CT molecular complexity index is 1530. The van der Waals surface area contributed by atoms with Crippen molar-refractivity contribution in [3.05, 3.63) is 115 Å². The van der Waals surface area contributed by atoms with E-state index >= 15 is 0 Å². The summed E-state index contributed by atoms with van der Waals surface area (Å²) in [4.78, 5) is 0. The lowest BCUT2D eigenvalue weighted by Crippen LogP contribution is -2.30. The van der Waals surface area contributed by atoms with E-state index in [1.165, 1.54) is 11.1 Å². The van der Waals surface area contributed by atoms with Gasteiger partial charge in [0.05, 0.1) is 17.1 Å². The van der Waals surface area contributed by atoms with Gasteiger partial charge in [0.25, 0.3) is 12.7 Å². The van der Waals surface area contributed by atoms with Gasteiger partial charge in [-0.2, -0.15) is 0 Å². The lowest BCUT2D eigenvalue weighted by molar-refractivity contribution is -0.599. The van der Waals surface area contributed by atoms with Crippen LogP contribution in [0.3, 0.4) is 0 Å². The molecule has 188 valence electrons. The molecule has 0 aliphatic carbocycles. The normalized spacial score (nSPS) is 12.2. The predicted octanol–water partition coefficient (Wildman–Crippen LogP) is 5.72. The van der Waals surface area contributed by atoms with Gasteiger partial charge in [0, 0.05) is 24.8 Å². The van der Waals surface area contributed by atoms with Crippen molar-refractivity contribution in [3.63, 3.8) is 0 Å². The highest BCUT2D eigenvalue weighted by molar-refractivity contribution is 5.44. The molecule has 0 amide bonds. The number of aromatic hydroxyl groups is 1. The first-order valence-corrected chi connectivity index (χ1v) is 12.6. The number of imidazole rings is 2. The van der Waals surface area contributed by atoms with Crippen LogP contribution in [-0.2, 0) is 10.8 Å². The van der Waals surface area contributed by atoms with Crippen LogP contribution < -0.4 is 9.13 Å². The summed E-state index contributed by atoms with van der Waals surface area (Å²) in [5.41, 5.74) is 6.47. The Morgan fingerprint density at radius 1 is 0.649 bits per heavy atom. The zero-order valence-corrected chi connectivity index (χ0v) is 22.4. The minimum atomic E-state index is 0.0497. The molecule has 1 N–H and O–H groups in total. The molecular formula is C32H34N4O. The molecule has 2 heterocycles. The standard InChI is InChI=1S/C32H34N4O/c1-31(2,3)24-18-25(32(4,5)6)20-28(19-24)35-15-14-33(22-35)26-10-9-11-27(21-26)34-16-17-36(23-34)29-12-7-8-13-30(29)37/h7-21,37H,1-6H3. The van der Waals surface area contributed by atoms with Crippen LogP contribution in [0.5, 0.6) is 5.75 Å². The van der Waals surface area contributed by atoms with Crippen LogP contribution in [0.2, 0.25) is 0 Å². The summed E-state index contributed by atoms with van der Waals surface area (Å²) in [5.74, 6) is 0.215. The molecule has 0 aliphatic rings. The van der Waals surface area contributed by atoms with Gasteiger partial charge in [0.1, 0.15) is 11.4 Å². The Kier molecular flexibility index (Phi) is 6.03. The lowest BCUT2D eigenvalue weighted by atomic mass is 9.80. The molecule has 5 nitrogen and oxygen atoms in total. The minimum Gasteiger partial charge on any atom is -0.511 e. The zero-order chi connectivity index (χ0) is 26.4. The van der Waals surface area contributed by atoms with E-state index < -0.39 is 0 Å². The van der Waals surface area contributed by atoms with Crippen molar-refractivity contribution in [2.45, 2.75) is 52.4 Å². The van der Waals surface area contributed by atoms with Crippen molar-refractivity contribution in [3.8, 4) is 28.5 Å². The Labute approximate surface area is 219 Å². The summed E-state index contributed by atoms with van der Waals surface area (Å²) >= 11 is 0. The number of para-hydroxylation sites is 2. The maximum Gasteiger partial charge on any atom is 0.268 e. The van der Waals surface area contributed by atoms with Crippen LogP contribution >= 0.6 is 0 Å². The van der Waals surface area contributed by atoms with Gasteiger partial charge in [-0.1, -0.05) is 77.9 Å². The van der Waals surface area contributed by atoms with Crippen molar-refractivity contribution in [1.29, 1.82) is 0 Å². The predicted molar refractivity (Wildman–Crippen MR) is 145 cm³/mol. The van der Waals surface area contributed by atoms with Gasteiger partial charge < -0.3 is 5.11 Å². The largest absolute Gasteiger partial charge is 0.511 e. The molecule has 0 radical (unpaired) electrons. The van der Waals surface area contributed by atoms with Crippen LogP contribution in [0.4, 0.5) is 0 Å². The summed E-state index contributed by atoms with van der Waals surface area (Å²) in [7, 11) is 0. The molecule has 2 aromatic heterocycles. The van der Waals surface area contributed by atoms with Crippen LogP contribution in [-0.4, -0.2) is 14.2 Å².